The van der Waals surface area contributed by atoms with E-state index in [0.717, 1.165) is 12.7 Å². The molecular formula is C10H16O4. The van der Waals surface area contributed by atoms with Gasteiger partial charge in [-0.25, -0.2) is 0 Å². The minimum absolute atomic E-state index is 0.0163. The van der Waals surface area contributed by atoms with E-state index >= 15 is 0 Å². The van der Waals surface area contributed by atoms with E-state index in [0.29, 0.717) is 0 Å². The zero-order chi connectivity index (χ0) is 10.3. The fourth-order valence-electron chi connectivity index (χ4n) is 1.96. The van der Waals surface area contributed by atoms with Crippen LogP contribution in [-0.4, -0.2) is 30.6 Å². The van der Waals surface area contributed by atoms with Crippen LogP contribution in [0.15, 0.2) is 0 Å². The second kappa shape index (κ2) is 3.29. The molecule has 4 nitrogen and oxygen atoms in total. The first-order valence-electron chi connectivity index (χ1n) is 4.98. The summed E-state index contributed by atoms with van der Waals surface area (Å²) >= 11 is 0. The predicted molar refractivity (Wildman–Crippen MR) is 48.5 cm³/mol. The number of carbonyl (C=O) groups is 1. The van der Waals surface area contributed by atoms with Crippen LogP contribution in [0.4, 0.5) is 0 Å². The Morgan fingerprint density at radius 1 is 1.43 bits per heavy atom. The molecule has 0 radical (unpaired) electrons. The van der Waals surface area contributed by atoms with Crippen molar-refractivity contribution in [2.24, 2.45) is 5.92 Å². The highest BCUT2D eigenvalue weighted by Gasteiger charge is 2.49. The largest absolute Gasteiger partial charge is 0.346 e. The topological polar surface area (TPSA) is 44.8 Å². The van der Waals surface area contributed by atoms with Crippen LogP contribution in [0, 0.1) is 5.92 Å². The summed E-state index contributed by atoms with van der Waals surface area (Å²) in [6.45, 7) is 5.59. The molecule has 4 atom stereocenters. The normalized spacial score (nSPS) is 42.1. The van der Waals surface area contributed by atoms with Crippen molar-refractivity contribution in [1.82, 2.24) is 0 Å². The van der Waals surface area contributed by atoms with Gasteiger partial charge in [0, 0.05) is 12.3 Å². The highest BCUT2D eigenvalue weighted by atomic mass is 16.8. The van der Waals surface area contributed by atoms with Gasteiger partial charge in [-0.3, -0.25) is 0 Å². The summed E-state index contributed by atoms with van der Waals surface area (Å²) in [5.41, 5.74) is 0. The Morgan fingerprint density at radius 3 is 2.71 bits per heavy atom. The third kappa shape index (κ3) is 1.69. The first kappa shape index (κ1) is 10.1. The summed E-state index contributed by atoms with van der Waals surface area (Å²) < 4.78 is 16.8. The number of hydrogen-bond donors (Lipinski definition) is 0. The molecule has 2 fully saturated rings. The Kier molecular flexibility index (Phi) is 2.37. The summed E-state index contributed by atoms with van der Waals surface area (Å²) in [7, 11) is 0. The number of aldehydes is 1. The molecule has 2 saturated heterocycles. The van der Waals surface area contributed by atoms with E-state index in [-0.39, 0.29) is 24.4 Å². The fourth-order valence-corrected chi connectivity index (χ4v) is 1.96. The molecule has 2 rings (SSSR count). The van der Waals surface area contributed by atoms with E-state index in [1.165, 1.54) is 0 Å². The molecule has 0 aromatic carbocycles. The smallest absolute Gasteiger partial charge is 0.187 e. The van der Waals surface area contributed by atoms with Crippen molar-refractivity contribution < 1.29 is 19.0 Å². The molecule has 4 heteroatoms. The Bertz CT molecular complexity index is 222. The van der Waals surface area contributed by atoms with E-state index in [1.54, 1.807) is 0 Å². The molecule has 2 heterocycles. The molecule has 14 heavy (non-hydrogen) atoms. The third-order valence-electron chi connectivity index (χ3n) is 2.71. The van der Waals surface area contributed by atoms with Gasteiger partial charge in [-0.1, -0.05) is 6.92 Å². The second-order valence-electron chi connectivity index (χ2n) is 4.45. The molecule has 0 saturated carbocycles. The van der Waals surface area contributed by atoms with E-state index in [4.69, 9.17) is 14.2 Å². The Hall–Kier alpha value is -0.450. The van der Waals surface area contributed by atoms with Gasteiger partial charge < -0.3 is 19.0 Å². The van der Waals surface area contributed by atoms with Crippen LogP contribution in [0.1, 0.15) is 27.2 Å². The lowest BCUT2D eigenvalue weighted by atomic mass is 10.0. The molecule has 0 aromatic rings. The molecule has 0 bridgehead atoms. The lowest BCUT2D eigenvalue weighted by Crippen LogP contribution is -2.27. The van der Waals surface area contributed by atoms with Gasteiger partial charge in [0.25, 0.3) is 0 Å². The van der Waals surface area contributed by atoms with Gasteiger partial charge in [0.15, 0.2) is 12.1 Å². The molecule has 0 spiro atoms. The fraction of sp³-hybridized carbons (Fsp3) is 0.900. The van der Waals surface area contributed by atoms with Crippen LogP contribution in [-0.2, 0) is 19.0 Å². The lowest BCUT2D eigenvalue weighted by Gasteiger charge is -2.21. The third-order valence-corrected chi connectivity index (χ3v) is 2.71. The van der Waals surface area contributed by atoms with Crippen LogP contribution in [0.3, 0.4) is 0 Å². The van der Waals surface area contributed by atoms with Gasteiger partial charge in [0.05, 0.1) is 6.10 Å². The Balaban J connectivity index is 1.96. The number of carbonyl (C=O) groups excluding carboxylic acids is 1. The van der Waals surface area contributed by atoms with Crippen molar-refractivity contribution in [2.45, 2.75) is 51.5 Å². The van der Waals surface area contributed by atoms with Crippen molar-refractivity contribution in [1.29, 1.82) is 0 Å². The van der Waals surface area contributed by atoms with Crippen molar-refractivity contribution in [2.75, 3.05) is 0 Å². The number of hydrogen-bond acceptors (Lipinski definition) is 4. The highest BCUT2D eigenvalue weighted by molar-refractivity contribution is 5.53. The van der Waals surface area contributed by atoms with Crippen LogP contribution < -0.4 is 0 Å². The van der Waals surface area contributed by atoms with Crippen LogP contribution in [0.25, 0.3) is 0 Å². The standard InChI is InChI=1S/C10H16O4/c1-6(5-11)7-4-8-9(12-7)14-10(2,3)13-8/h5-9H,4H2,1-3H3/t6-,7+,8-,9-/m1/s1. The van der Waals surface area contributed by atoms with Gasteiger partial charge in [-0.05, 0) is 13.8 Å². The maximum absolute atomic E-state index is 10.6. The summed E-state index contributed by atoms with van der Waals surface area (Å²) in [5, 5.41) is 0. The van der Waals surface area contributed by atoms with Gasteiger partial charge in [-0.15, -0.1) is 0 Å². The average molecular weight is 200 g/mol. The monoisotopic (exact) mass is 200 g/mol. The van der Waals surface area contributed by atoms with Gasteiger partial charge in [-0.2, -0.15) is 0 Å². The van der Waals surface area contributed by atoms with Crippen molar-refractivity contribution in [3.8, 4) is 0 Å². The van der Waals surface area contributed by atoms with E-state index < -0.39 is 5.79 Å². The van der Waals surface area contributed by atoms with E-state index in [9.17, 15) is 4.79 Å². The van der Waals surface area contributed by atoms with Crippen molar-refractivity contribution in [3.05, 3.63) is 0 Å². The molecule has 0 unspecified atom stereocenters. The van der Waals surface area contributed by atoms with E-state index in [1.807, 2.05) is 20.8 Å². The average Bonchev–Trinajstić information content (AvgIpc) is 2.56. The SMILES string of the molecule is C[C@H](C=O)[C@@H]1C[C@H]2OC(C)(C)O[C@H]2O1. The summed E-state index contributed by atoms with van der Waals surface area (Å²) in [6, 6.07) is 0. The van der Waals surface area contributed by atoms with Crippen LogP contribution >= 0.6 is 0 Å². The first-order valence-corrected chi connectivity index (χ1v) is 4.98. The molecule has 2 aliphatic rings. The number of rotatable bonds is 2. The van der Waals surface area contributed by atoms with Crippen molar-refractivity contribution in [3.63, 3.8) is 0 Å². The molecule has 80 valence electrons. The quantitative estimate of drug-likeness (QED) is 0.626. The van der Waals surface area contributed by atoms with Gasteiger partial charge >= 0.3 is 0 Å². The lowest BCUT2D eigenvalue weighted by molar-refractivity contribution is -0.208. The first-order chi connectivity index (χ1) is 6.52. The molecule has 0 aromatic heterocycles. The van der Waals surface area contributed by atoms with Gasteiger partial charge in [0.2, 0.25) is 0 Å². The molecule has 0 aliphatic carbocycles. The van der Waals surface area contributed by atoms with Gasteiger partial charge in [0.1, 0.15) is 12.4 Å². The summed E-state index contributed by atoms with van der Waals surface area (Å²) in [6.07, 6.45) is 1.29. The Morgan fingerprint density at radius 2 is 2.14 bits per heavy atom. The maximum atomic E-state index is 10.6. The summed E-state index contributed by atoms with van der Waals surface area (Å²) in [4.78, 5) is 10.6. The molecule has 2 aliphatic heterocycles. The molecule has 0 N–H and O–H groups in total. The molecular weight excluding hydrogens is 184 g/mol. The van der Waals surface area contributed by atoms with Crippen molar-refractivity contribution >= 4 is 6.29 Å². The minimum Gasteiger partial charge on any atom is -0.346 e. The number of fused-ring (bicyclic) bond motifs is 1. The zero-order valence-corrected chi connectivity index (χ0v) is 8.73. The number of ether oxygens (including phenoxy) is 3. The highest BCUT2D eigenvalue weighted by Crippen LogP contribution is 2.38. The minimum atomic E-state index is -0.551. The molecule has 0 amide bonds. The van der Waals surface area contributed by atoms with Crippen LogP contribution in [0.5, 0.6) is 0 Å². The summed E-state index contributed by atoms with van der Waals surface area (Å²) in [5.74, 6) is -0.638. The Labute approximate surface area is 83.5 Å². The second-order valence-corrected chi connectivity index (χ2v) is 4.45. The van der Waals surface area contributed by atoms with E-state index in [2.05, 4.69) is 0 Å². The van der Waals surface area contributed by atoms with Crippen LogP contribution in [0.2, 0.25) is 0 Å². The maximum Gasteiger partial charge on any atom is 0.187 e. The zero-order valence-electron chi connectivity index (χ0n) is 8.73. The predicted octanol–water partition coefficient (Wildman–Crippen LogP) is 1.09.